The van der Waals surface area contributed by atoms with Gasteiger partial charge in [0, 0.05) is 24.3 Å². The molecule has 1 saturated carbocycles. The van der Waals surface area contributed by atoms with Gasteiger partial charge in [0.1, 0.15) is 0 Å². The summed E-state index contributed by atoms with van der Waals surface area (Å²) in [4.78, 5) is 12.4. The highest BCUT2D eigenvalue weighted by Gasteiger charge is 2.57. The molecule has 1 aromatic carbocycles. The monoisotopic (exact) mass is 274 g/mol. The van der Waals surface area contributed by atoms with Gasteiger partial charge in [-0.05, 0) is 43.8 Å². The number of ether oxygens (including phenoxy) is 1. The number of benzene rings is 1. The minimum Gasteiger partial charge on any atom is -0.380 e. The smallest absolute Gasteiger partial charge is 0.228 e. The van der Waals surface area contributed by atoms with Gasteiger partial charge in [-0.15, -0.1) is 0 Å². The number of hydrogen-bond donors (Lipinski definition) is 2. The second-order valence-corrected chi connectivity index (χ2v) is 5.95. The van der Waals surface area contributed by atoms with Crippen molar-refractivity contribution in [3.63, 3.8) is 0 Å². The van der Waals surface area contributed by atoms with Gasteiger partial charge in [-0.1, -0.05) is 18.2 Å². The number of hydrogen-bond acceptors (Lipinski definition) is 3. The van der Waals surface area contributed by atoms with Crippen LogP contribution >= 0.6 is 0 Å². The van der Waals surface area contributed by atoms with E-state index in [2.05, 4.69) is 10.6 Å². The first-order valence-electron chi connectivity index (χ1n) is 7.34. The number of anilines is 1. The van der Waals surface area contributed by atoms with Crippen LogP contribution in [0.2, 0.25) is 0 Å². The topological polar surface area (TPSA) is 50.4 Å². The molecule has 3 rings (SSSR count). The van der Waals surface area contributed by atoms with Crippen LogP contribution in [0.1, 0.15) is 24.8 Å². The van der Waals surface area contributed by atoms with Crippen molar-refractivity contribution < 1.29 is 9.53 Å². The molecule has 1 heterocycles. The summed E-state index contributed by atoms with van der Waals surface area (Å²) < 4.78 is 5.18. The van der Waals surface area contributed by atoms with Crippen molar-refractivity contribution in [2.75, 3.05) is 25.5 Å². The van der Waals surface area contributed by atoms with Gasteiger partial charge in [0.2, 0.25) is 5.91 Å². The maximum atomic E-state index is 12.4. The molecule has 2 fully saturated rings. The molecule has 1 aliphatic heterocycles. The minimum absolute atomic E-state index is 0.176. The Morgan fingerprint density at radius 1 is 1.40 bits per heavy atom. The van der Waals surface area contributed by atoms with E-state index >= 15 is 0 Å². The lowest BCUT2D eigenvalue weighted by molar-refractivity contribution is -0.118. The molecule has 1 amide bonds. The molecule has 20 heavy (non-hydrogen) atoms. The first-order chi connectivity index (χ1) is 9.75. The highest BCUT2D eigenvalue weighted by molar-refractivity contribution is 5.95. The Hall–Kier alpha value is -1.39. The van der Waals surface area contributed by atoms with Gasteiger partial charge in [0.05, 0.1) is 6.61 Å². The van der Waals surface area contributed by atoms with Crippen LogP contribution < -0.4 is 10.6 Å². The number of amides is 1. The number of piperidine rings is 1. The molecule has 4 nitrogen and oxygen atoms in total. The highest BCUT2D eigenvalue weighted by Crippen LogP contribution is 2.58. The first-order valence-corrected chi connectivity index (χ1v) is 7.34. The summed E-state index contributed by atoms with van der Waals surface area (Å²) in [5.41, 5.74) is 2.20. The van der Waals surface area contributed by atoms with Crippen molar-refractivity contribution in [2.45, 2.75) is 25.9 Å². The van der Waals surface area contributed by atoms with Crippen LogP contribution in [0.4, 0.5) is 5.69 Å². The van der Waals surface area contributed by atoms with Crippen LogP contribution in [0, 0.1) is 11.3 Å². The van der Waals surface area contributed by atoms with Crippen LogP contribution in [0.15, 0.2) is 24.3 Å². The summed E-state index contributed by atoms with van der Waals surface area (Å²) in [5, 5.41) is 6.46. The molecule has 0 aromatic heterocycles. The summed E-state index contributed by atoms with van der Waals surface area (Å²) in [5.74, 6) is 0.371. The van der Waals surface area contributed by atoms with E-state index in [-0.39, 0.29) is 17.2 Å². The first kappa shape index (κ1) is 13.6. The molecule has 2 N–H and O–H groups in total. The van der Waals surface area contributed by atoms with Gasteiger partial charge in [0.15, 0.2) is 0 Å². The van der Waals surface area contributed by atoms with Crippen molar-refractivity contribution >= 4 is 11.6 Å². The Balaban J connectivity index is 1.65. The van der Waals surface area contributed by atoms with Crippen LogP contribution in [0.5, 0.6) is 0 Å². The van der Waals surface area contributed by atoms with E-state index in [9.17, 15) is 4.79 Å². The predicted octanol–water partition coefficient (Wildman–Crippen LogP) is 2.16. The zero-order chi connectivity index (χ0) is 14.0. The van der Waals surface area contributed by atoms with E-state index in [1.165, 1.54) is 0 Å². The molecule has 108 valence electrons. The minimum atomic E-state index is 0.176. The van der Waals surface area contributed by atoms with Crippen molar-refractivity contribution in [2.24, 2.45) is 11.3 Å². The summed E-state index contributed by atoms with van der Waals surface area (Å²) >= 11 is 0. The third-order valence-corrected chi connectivity index (χ3v) is 4.68. The lowest BCUT2D eigenvalue weighted by atomic mass is 9.91. The van der Waals surface area contributed by atoms with Gasteiger partial charge in [-0.2, -0.15) is 0 Å². The maximum Gasteiger partial charge on any atom is 0.228 e. The van der Waals surface area contributed by atoms with E-state index in [4.69, 9.17) is 4.74 Å². The molecule has 0 radical (unpaired) electrons. The Labute approximate surface area is 119 Å². The molecule has 0 bridgehead atoms. The van der Waals surface area contributed by atoms with Crippen molar-refractivity contribution in [1.82, 2.24) is 5.32 Å². The van der Waals surface area contributed by atoms with Crippen LogP contribution in [-0.4, -0.2) is 26.1 Å². The quantitative estimate of drug-likeness (QED) is 0.884. The molecule has 1 saturated heterocycles. The van der Waals surface area contributed by atoms with Gasteiger partial charge < -0.3 is 15.4 Å². The fourth-order valence-corrected chi connectivity index (χ4v) is 3.34. The van der Waals surface area contributed by atoms with E-state index in [1.54, 1.807) is 7.11 Å². The Morgan fingerprint density at radius 3 is 2.90 bits per heavy atom. The van der Waals surface area contributed by atoms with E-state index < -0.39 is 0 Å². The van der Waals surface area contributed by atoms with Crippen LogP contribution in [-0.2, 0) is 16.1 Å². The van der Waals surface area contributed by atoms with E-state index in [0.29, 0.717) is 6.61 Å². The number of carbonyl (C=O) groups is 1. The Bertz CT molecular complexity index is 495. The molecule has 2 aliphatic rings. The molecule has 1 spiro atoms. The summed E-state index contributed by atoms with van der Waals surface area (Å²) in [7, 11) is 1.67. The van der Waals surface area contributed by atoms with E-state index in [1.807, 2.05) is 24.3 Å². The van der Waals surface area contributed by atoms with Gasteiger partial charge in [-0.25, -0.2) is 0 Å². The number of carbonyl (C=O) groups excluding carboxylic acids is 1. The average Bonchev–Trinajstić information content (AvgIpc) is 3.15. The fourth-order valence-electron chi connectivity index (χ4n) is 3.34. The summed E-state index contributed by atoms with van der Waals surface area (Å²) in [6, 6.07) is 7.85. The Kier molecular flexibility index (Phi) is 3.76. The van der Waals surface area contributed by atoms with Crippen molar-refractivity contribution in [3.05, 3.63) is 29.8 Å². The zero-order valence-electron chi connectivity index (χ0n) is 11.9. The highest BCUT2D eigenvalue weighted by atomic mass is 16.5. The Morgan fingerprint density at radius 2 is 2.15 bits per heavy atom. The van der Waals surface area contributed by atoms with Crippen LogP contribution in [0.25, 0.3) is 0 Å². The molecule has 1 atom stereocenters. The third kappa shape index (κ3) is 2.58. The molecule has 4 heteroatoms. The van der Waals surface area contributed by atoms with Gasteiger partial charge >= 0.3 is 0 Å². The molecular weight excluding hydrogens is 252 g/mol. The number of methoxy groups -OCH3 is 1. The number of nitrogens with one attached hydrogen (secondary N) is 2. The van der Waals surface area contributed by atoms with E-state index in [0.717, 1.165) is 43.6 Å². The SMILES string of the molecule is COCc1ccccc1NC(=O)C1CC12CCNCC2. The average molecular weight is 274 g/mol. The predicted molar refractivity (Wildman–Crippen MR) is 78.4 cm³/mol. The standard InChI is InChI=1S/C16H22N2O2/c1-20-11-12-4-2-3-5-14(12)18-15(19)13-10-16(13)6-8-17-9-7-16/h2-5,13,17H,6-11H2,1H3,(H,18,19). The lowest BCUT2D eigenvalue weighted by Gasteiger charge is -2.23. The fraction of sp³-hybridized carbons (Fsp3) is 0.562. The number of rotatable bonds is 4. The second-order valence-electron chi connectivity index (χ2n) is 5.95. The second kappa shape index (κ2) is 5.54. The third-order valence-electron chi connectivity index (χ3n) is 4.68. The molecular formula is C16H22N2O2. The maximum absolute atomic E-state index is 12.4. The molecule has 1 unspecified atom stereocenters. The molecule has 1 aliphatic carbocycles. The normalized spacial score (nSPS) is 23.6. The van der Waals surface area contributed by atoms with Gasteiger partial charge in [0.25, 0.3) is 0 Å². The molecule has 1 aromatic rings. The van der Waals surface area contributed by atoms with Gasteiger partial charge in [-0.3, -0.25) is 4.79 Å². The van der Waals surface area contributed by atoms with Crippen LogP contribution in [0.3, 0.4) is 0 Å². The van der Waals surface area contributed by atoms with Crippen molar-refractivity contribution in [3.8, 4) is 0 Å². The zero-order valence-corrected chi connectivity index (χ0v) is 11.9. The lowest BCUT2D eigenvalue weighted by Crippen LogP contribution is -2.31. The summed E-state index contributed by atoms with van der Waals surface area (Å²) in [6.07, 6.45) is 3.31. The van der Waals surface area contributed by atoms with Crippen molar-refractivity contribution in [1.29, 1.82) is 0 Å². The summed E-state index contributed by atoms with van der Waals surface area (Å²) in [6.45, 7) is 2.62. The largest absolute Gasteiger partial charge is 0.380 e. The number of para-hydroxylation sites is 1.